The van der Waals surface area contributed by atoms with Crippen molar-refractivity contribution in [3.63, 3.8) is 0 Å². The van der Waals surface area contributed by atoms with Crippen LogP contribution in [0.4, 0.5) is 0 Å². The molecule has 2 aliphatic rings. The summed E-state index contributed by atoms with van der Waals surface area (Å²) in [6.45, 7) is 6.50. The molecule has 18 heavy (non-hydrogen) atoms. The van der Waals surface area contributed by atoms with E-state index < -0.39 is 0 Å². The summed E-state index contributed by atoms with van der Waals surface area (Å²) in [7, 11) is 0. The van der Waals surface area contributed by atoms with Crippen molar-refractivity contribution >= 4 is 0 Å². The molecule has 0 aromatic heterocycles. The second-order valence-electron chi connectivity index (χ2n) is 5.57. The lowest BCUT2D eigenvalue weighted by Gasteiger charge is -2.39. The Hall–Kier alpha value is -0.160. The highest BCUT2D eigenvalue weighted by molar-refractivity contribution is 4.90. The first-order valence-corrected chi connectivity index (χ1v) is 7.55. The average Bonchev–Trinajstić information content (AvgIpc) is 2.85. The SMILES string of the molecule is CCCNC(CCO)CN1CCOC2CCCC21. The Morgan fingerprint density at radius 2 is 2.33 bits per heavy atom. The first-order valence-electron chi connectivity index (χ1n) is 7.55. The summed E-state index contributed by atoms with van der Waals surface area (Å²) < 4.78 is 5.84. The summed E-state index contributed by atoms with van der Waals surface area (Å²) >= 11 is 0. The number of nitrogens with zero attached hydrogens (tertiary/aromatic N) is 1. The smallest absolute Gasteiger partial charge is 0.0730 e. The molecular formula is C14H28N2O2. The molecule has 3 atom stereocenters. The normalized spacial score (nSPS) is 30.3. The van der Waals surface area contributed by atoms with Gasteiger partial charge in [0.15, 0.2) is 0 Å². The van der Waals surface area contributed by atoms with Crippen molar-refractivity contribution in [3.8, 4) is 0 Å². The number of hydrogen-bond donors (Lipinski definition) is 2. The second-order valence-corrected chi connectivity index (χ2v) is 5.57. The molecule has 1 aliphatic heterocycles. The highest BCUT2D eigenvalue weighted by Crippen LogP contribution is 2.29. The third kappa shape index (κ3) is 3.67. The molecule has 2 fully saturated rings. The molecular weight excluding hydrogens is 228 g/mol. The first-order chi connectivity index (χ1) is 8.85. The van der Waals surface area contributed by atoms with Crippen LogP contribution in [0.1, 0.15) is 39.0 Å². The fraction of sp³-hybridized carbons (Fsp3) is 1.00. The van der Waals surface area contributed by atoms with Crippen LogP contribution in [-0.4, -0.2) is 61.0 Å². The monoisotopic (exact) mass is 256 g/mol. The Bertz CT molecular complexity index is 238. The molecule has 0 amide bonds. The molecule has 0 aromatic rings. The van der Waals surface area contributed by atoms with Gasteiger partial charge >= 0.3 is 0 Å². The van der Waals surface area contributed by atoms with Crippen LogP contribution in [0, 0.1) is 0 Å². The van der Waals surface area contributed by atoms with Crippen LogP contribution in [0.25, 0.3) is 0 Å². The van der Waals surface area contributed by atoms with Gasteiger partial charge in [0.05, 0.1) is 12.7 Å². The molecule has 0 aromatic carbocycles. The Morgan fingerprint density at radius 1 is 1.44 bits per heavy atom. The van der Waals surface area contributed by atoms with E-state index in [2.05, 4.69) is 17.1 Å². The molecule has 1 heterocycles. The van der Waals surface area contributed by atoms with Gasteiger partial charge in [-0.05, 0) is 38.6 Å². The summed E-state index contributed by atoms with van der Waals surface area (Å²) in [5.41, 5.74) is 0. The maximum atomic E-state index is 9.17. The molecule has 4 heteroatoms. The zero-order chi connectivity index (χ0) is 12.8. The minimum atomic E-state index is 0.278. The van der Waals surface area contributed by atoms with Gasteiger partial charge in [-0.15, -0.1) is 0 Å². The van der Waals surface area contributed by atoms with Crippen LogP contribution < -0.4 is 5.32 Å². The number of nitrogens with one attached hydrogen (secondary N) is 1. The lowest BCUT2D eigenvalue weighted by Crippen LogP contribution is -2.53. The van der Waals surface area contributed by atoms with Crippen molar-refractivity contribution in [1.29, 1.82) is 0 Å². The van der Waals surface area contributed by atoms with Gasteiger partial charge in [-0.2, -0.15) is 0 Å². The van der Waals surface area contributed by atoms with Crippen LogP contribution >= 0.6 is 0 Å². The molecule has 4 nitrogen and oxygen atoms in total. The minimum absolute atomic E-state index is 0.278. The van der Waals surface area contributed by atoms with Crippen molar-refractivity contribution < 1.29 is 9.84 Å². The molecule has 0 bridgehead atoms. The molecule has 1 aliphatic carbocycles. The van der Waals surface area contributed by atoms with Crippen molar-refractivity contribution in [3.05, 3.63) is 0 Å². The maximum Gasteiger partial charge on any atom is 0.0730 e. The zero-order valence-electron chi connectivity index (χ0n) is 11.6. The van der Waals surface area contributed by atoms with E-state index in [-0.39, 0.29) is 6.61 Å². The molecule has 3 unspecified atom stereocenters. The predicted octanol–water partition coefficient (Wildman–Crippen LogP) is 0.990. The average molecular weight is 256 g/mol. The van der Waals surface area contributed by atoms with Gasteiger partial charge in [-0.3, -0.25) is 4.90 Å². The molecule has 1 saturated heterocycles. The van der Waals surface area contributed by atoms with Gasteiger partial charge in [0, 0.05) is 31.8 Å². The number of morpholine rings is 1. The van der Waals surface area contributed by atoms with Crippen molar-refractivity contribution in [2.45, 2.75) is 57.2 Å². The van der Waals surface area contributed by atoms with Crippen LogP contribution in [0.3, 0.4) is 0 Å². The summed E-state index contributed by atoms with van der Waals surface area (Å²) in [4.78, 5) is 2.59. The number of fused-ring (bicyclic) bond motifs is 1. The highest BCUT2D eigenvalue weighted by atomic mass is 16.5. The molecule has 0 spiro atoms. The van der Waals surface area contributed by atoms with E-state index in [1.807, 2.05) is 0 Å². The maximum absolute atomic E-state index is 9.17. The molecule has 2 rings (SSSR count). The summed E-state index contributed by atoms with van der Waals surface area (Å²) in [6, 6.07) is 1.05. The number of hydrogen-bond acceptors (Lipinski definition) is 4. The van der Waals surface area contributed by atoms with Crippen LogP contribution in [-0.2, 0) is 4.74 Å². The Morgan fingerprint density at radius 3 is 3.11 bits per heavy atom. The van der Waals surface area contributed by atoms with Gasteiger partial charge in [-0.1, -0.05) is 6.92 Å². The van der Waals surface area contributed by atoms with Gasteiger partial charge in [0.1, 0.15) is 0 Å². The van der Waals surface area contributed by atoms with Gasteiger partial charge < -0.3 is 15.2 Å². The lowest BCUT2D eigenvalue weighted by molar-refractivity contribution is -0.0586. The van der Waals surface area contributed by atoms with Crippen LogP contribution in [0.15, 0.2) is 0 Å². The summed E-state index contributed by atoms with van der Waals surface area (Å²) in [5, 5.41) is 12.7. The third-order valence-corrected chi connectivity index (χ3v) is 4.21. The number of rotatable bonds is 7. The first kappa shape index (κ1) is 14.3. The van der Waals surface area contributed by atoms with Crippen molar-refractivity contribution in [2.75, 3.05) is 32.8 Å². The van der Waals surface area contributed by atoms with E-state index >= 15 is 0 Å². The fourth-order valence-electron chi connectivity index (χ4n) is 3.28. The molecule has 106 valence electrons. The van der Waals surface area contributed by atoms with Gasteiger partial charge in [0.25, 0.3) is 0 Å². The van der Waals surface area contributed by atoms with E-state index in [1.54, 1.807) is 0 Å². The Labute approximate surface area is 111 Å². The zero-order valence-corrected chi connectivity index (χ0v) is 11.6. The van der Waals surface area contributed by atoms with E-state index in [4.69, 9.17) is 9.84 Å². The van der Waals surface area contributed by atoms with Crippen LogP contribution in [0.5, 0.6) is 0 Å². The topological polar surface area (TPSA) is 44.7 Å². The predicted molar refractivity (Wildman–Crippen MR) is 72.7 cm³/mol. The fourth-order valence-corrected chi connectivity index (χ4v) is 3.28. The van der Waals surface area contributed by atoms with Crippen molar-refractivity contribution in [1.82, 2.24) is 10.2 Å². The number of ether oxygens (including phenoxy) is 1. The summed E-state index contributed by atoms with van der Waals surface area (Å²) in [6.07, 6.45) is 6.29. The van der Waals surface area contributed by atoms with Gasteiger partial charge in [0.2, 0.25) is 0 Å². The second kappa shape index (κ2) is 7.43. The van der Waals surface area contributed by atoms with Gasteiger partial charge in [-0.25, -0.2) is 0 Å². The van der Waals surface area contributed by atoms with E-state index in [0.717, 1.165) is 39.1 Å². The largest absolute Gasteiger partial charge is 0.396 e. The van der Waals surface area contributed by atoms with Crippen molar-refractivity contribution in [2.24, 2.45) is 0 Å². The molecule has 2 N–H and O–H groups in total. The minimum Gasteiger partial charge on any atom is -0.396 e. The quantitative estimate of drug-likeness (QED) is 0.713. The molecule has 1 saturated carbocycles. The standard InChI is InChI=1S/C14H28N2O2/c1-2-7-15-12(6-9-17)11-16-8-10-18-14-5-3-4-13(14)16/h12-15,17H,2-11H2,1H3. The van der Waals surface area contributed by atoms with Crippen LogP contribution in [0.2, 0.25) is 0 Å². The van der Waals surface area contributed by atoms with E-state index in [1.165, 1.54) is 19.3 Å². The Balaban J connectivity index is 1.84. The molecule has 0 radical (unpaired) electrons. The lowest BCUT2D eigenvalue weighted by atomic mass is 10.1. The third-order valence-electron chi connectivity index (χ3n) is 4.21. The van der Waals surface area contributed by atoms with E-state index in [0.29, 0.717) is 18.2 Å². The number of aliphatic hydroxyl groups excluding tert-OH is 1. The highest BCUT2D eigenvalue weighted by Gasteiger charge is 2.36. The Kier molecular flexibility index (Phi) is 5.89. The van der Waals surface area contributed by atoms with E-state index in [9.17, 15) is 0 Å². The summed E-state index contributed by atoms with van der Waals surface area (Å²) in [5.74, 6) is 0. The number of aliphatic hydroxyl groups is 1.